The van der Waals surface area contributed by atoms with Gasteiger partial charge in [-0.2, -0.15) is 0 Å². The zero-order chi connectivity index (χ0) is 27.7. The predicted molar refractivity (Wildman–Crippen MR) is 189 cm³/mol. The van der Waals surface area contributed by atoms with E-state index in [2.05, 4.69) is 166 Å². The van der Waals surface area contributed by atoms with Crippen LogP contribution < -0.4 is 0 Å². The molecule has 1 atom stereocenters. The summed E-state index contributed by atoms with van der Waals surface area (Å²) in [6.07, 6.45) is 10.9. The third-order valence-electron chi connectivity index (χ3n) is 7.72. The standard InChI is InChI=1S/C40H38.2CH4/c1-4-31(3)38-25-19-34(20-26-38)9-7-32-11-15-36(16-12-32)29-37-17-13-33(14-18-37)8-10-35-21-27-40(28-22-35)39-23-5-30(2)6-24-39;;/h5-28,31H,4,29H2,1-3H3;2*1H4. The van der Waals surface area contributed by atoms with E-state index in [1.807, 2.05) is 0 Å². The Bertz CT molecular complexity index is 1550. The summed E-state index contributed by atoms with van der Waals surface area (Å²) in [7, 11) is 0. The van der Waals surface area contributed by atoms with Gasteiger partial charge >= 0.3 is 0 Å². The minimum Gasteiger partial charge on any atom is -0.0776 e. The number of hydrogen-bond donors (Lipinski definition) is 0. The molecule has 0 aliphatic heterocycles. The van der Waals surface area contributed by atoms with Crippen molar-refractivity contribution in [2.75, 3.05) is 0 Å². The summed E-state index contributed by atoms with van der Waals surface area (Å²) in [6.45, 7) is 6.64. The van der Waals surface area contributed by atoms with Crippen molar-refractivity contribution >= 4 is 24.3 Å². The second-order valence-electron chi connectivity index (χ2n) is 10.8. The molecule has 0 radical (unpaired) electrons. The molecule has 0 spiro atoms. The van der Waals surface area contributed by atoms with Crippen molar-refractivity contribution in [2.45, 2.75) is 54.4 Å². The van der Waals surface area contributed by atoms with E-state index in [-0.39, 0.29) is 14.9 Å². The monoisotopic (exact) mass is 550 g/mol. The molecule has 0 fully saturated rings. The first-order valence-corrected chi connectivity index (χ1v) is 14.4. The molecule has 0 bridgehead atoms. The van der Waals surface area contributed by atoms with Gasteiger partial charge in [0.15, 0.2) is 0 Å². The highest BCUT2D eigenvalue weighted by Gasteiger charge is 2.02. The predicted octanol–water partition coefficient (Wildman–Crippen LogP) is 12.4. The molecule has 0 heteroatoms. The Kier molecular flexibility index (Phi) is 11.9. The molecule has 42 heavy (non-hydrogen) atoms. The van der Waals surface area contributed by atoms with Gasteiger partial charge in [0.05, 0.1) is 0 Å². The summed E-state index contributed by atoms with van der Waals surface area (Å²) >= 11 is 0. The van der Waals surface area contributed by atoms with Gasteiger partial charge in [-0.3, -0.25) is 0 Å². The fraction of sp³-hybridized carbons (Fsp3) is 0.190. The zero-order valence-electron chi connectivity index (χ0n) is 23.8. The molecule has 0 saturated heterocycles. The van der Waals surface area contributed by atoms with Crippen LogP contribution in [0.5, 0.6) is 0 Å². The van der Waals surface area contributed by atoms with E-state index >= 15 is 0 Å². The molecule has 0 N–H and O–H groups in total. The SMILES string of the molecule is C.C.CCC(C)c1ccc(C=Cc2ccc(Cc3ccc(C=Cc4ccc(-c5ccc(C)cc5)cc4)cc3)cc2)cc1. The maximum atomic E-state index is 2.28. The van der Waals surface area contributed by atoms with Crippen molar-refractivity contribution in [1.29, 1.82) is 0 Å². The summed E-state index contributed by atoms with van der Waals surface area (Å²) in [5, 5.41) is 0. The van der Waals surface area contributed by atoms with Crippen LogP contribution in [0.15, 0.2) is 121 Å². The van der Waals surface area contributed by atoms with Gasteiger partial charge in [0.25, 0.3) is 0 Å². The topological polar surface area (TPSA) is 0 Å². The highest BCUT2D eigenvalue weighted by molar-refractivity contribution is 5.72. The van der Waals surface area contributed by atoms with Crippen LogP contribution in [0.4, 0.5) is 0 Å². The van der Waals surface area contributed by atoms with E-state index in [0.29, 0.717) is 5.92 Å². The minimum atomic E-state index is 0. The Hall–Kier alpha value is -4.42. The summed E-state index contributed by atoms with van der Waals surface area (Å²) in [6, 6.07) is 44.1. The van der Waals surface area contributed by atoms with Gasteiger partial charge in [-0.25, -0.2) is 0 Å². The minimum absolute atomic E-state index is 0. The summed E-state index contributed by atoms with van der Waals surface area (Å²) in [5.41, 5.74) is 12.7. The molecule has 0 aliphatic carbocycles. The first-order chi connectivity index (χ1) is 19.6. The molecule has 0 aromatic heterocycles. The third-order valence-corrected chi connectivity index (χ3v) is 7.72. The number of benzene rings is 5. The third kappa shape index (κ3) is 8.79. The lowest BCUT2D eigenvalue weighted by molar-refractivity contribution is 0.733. The molecule has 0 saturated carbocycles. The highest BCUT2D eigenvalue weighted by atomic mass is 14.1. The Morgan fingerprint density at radius 1 is 0.476 bits per heavy atom. The second kappa shape index (κ2) is 15.5. The fourth-order valence-electron chi connectivity index (χ4n) is 4.82. The first-order valence-electron chi connectivity index (χ1n) is 14.4. The fourth-order valence-corrected chi connectivity index (χ4v) is 4.82. The molecular weight excluding hydrogens is 504 g/mol. The summed E-state index contributed by atoms with van der Waals surface area (Å²) < 4.78 is 0. The largest absolute Gasteiger partial charge is 0.0776 e. The molecular formula is C42H46. The van der Waals surface area contributed by atoms with Crippen LogP contribution >= 0.6 is 0 Å². The maximum absolute atomic E-state index is 2.28. The van der Waals surface area contributed by atoms with E-state index in [4.69, 9.17) is 0 Å². The molecule has 5 aromatic rings. The van der Waals surface area contributed by atoms with E-state index < -0.39 is 0 Å². The van der Waals surface area contributed by atoms with Crippen LogP contribution in [-0.2, 0) is 6.42 Å². The molecule has 0 amide bonds. The van der Waals surface area contributed by atoms with Gasteiger partial charge in [0, 0.05) is 0 Å². The molecule has 5 aromatic carbocycles. The molecule has 0 heterocycles. The maximum Gasteiger partial charge on any atom is -0.00258 e. The van der Waals surface area contributed by atoms with Crippen LogP contribution in [0, 0.1) is 6.92 Å². The van der Waals surface area contributed by atoms with E-state index in [9.17, 15) is 0 Å². The molecule has 0 nitrogen and oxygen atoms in total. The van der Waals surface area contributed by atoms with Crippen LogP contribution in [0.1, 0.15) is 85.5 Å². The Balaban J connectivity index is 0.00000242. The van der Waals surface area contributed by atoms with Gasteiger partial charge < -0.3 is 0 Å². The van der Waals surface area contributed by atoms with Crippen molar-refractivity contribution in [3.05, 3.63) is 166 Å². The Labute approximate surface area is 255 Å². The van der Waals surface area contributed by atoms with Gasteiger partial charge in [-0.15, -0.1) is 0 Å². The van der Waals surface area contributed by atoms with E-state index in [1.54, 1.807) is 0 Å². The van der Waals surface area contributed by atoms with Crippen LogP contribution in [0.3, 0.4) is 0 Å². The van der Waals surface area contributed by atoms with Gasteiger partial charge in [-0.05, 0) is 75.8 Å². The molecule has 214 valence electrons. The quantitative estimate of drug-likeness (QED) is 0.160. The van der Waals surface area contributed by atoms with Crippen LogP contribution in [0.25, 0.3) is 35.4 Å². The lowest BCUT2D eigenvalue weighted by atomic mass is 9.97. The second-order valence-corrected chi connectivity index (χ2v) is 10.8. The average Bonchev–Trinajstić information content (AvgIpc) is 3.01. The van der Waals surface area contributed by atoms with Gasteiger partial charge in [-0.1, -0.05) is 180 Å². The zero-order valence-corrected chi connectivity index (χ0v) is 23.8. The lowest BCUT2D eigenvalue weighted by Crippen LogP contribution is -1.90. The first kappa shape index (κ1) is 32.1. The van der Waals surface area contributed by atoms with Gasteiger partial charge in [0.2, 0.25) is 0 Å². The lowest BCUT2D eigenvalue weighted by Gasteiger charge is -2.08. The molecule has 1 unspecified atom stereocenters. The molecule has 5 rings (SSSR count). The van der Waals surface area contributed by atoms with E-state index in [0.717, 1.165) is 6.42 Å². The summed E-state index contributed by atoms with van der Waals surface area (Å²) in [4.78, 5) is 0. The van der Waals surface area contributed by atoms with Crippen LogP contribution in [0.2, 0.25) is 0 Å². The molecule has 0 aliphatic rings. The highest BCUT2D eigenvalue weighted by Crippen LogP contribution is 2.22. The van der Waals surface area contributed by atoms with Crippen molar-refractivity contribution in [3.8, 4) is 11.1 Å². The number of aryl methyl sites for hydroxylation is 1. The Morgan fingerprint density at radius 3 is 1.19 bits per heavy atom. The van der Waals surface area contributed by atoms with Crippen LogP contribution in [-0.4, -0.2) is 0 Å². The van der Waals surface area contributed by atoms with E-state index in [1.165, 1.54) is 62.1 Å². The van der Waals surface area contributed by atoms with Gasteiger partial charge in [0.1, 0.15) is 0 Å². The number of hydrogen-bond acceptors (Lipinski definition) is 0. The average molecular weight is 551 g/mol. The smallest absolute Gasteiger partial charge is 0.00258 e. The van der Waals surface area contributed by atoms with Crippen molar-refractivity contribution in [2.24, 2.45) is 0 Å². The Morgan fingerprint density at radius 2 is 0.810 bits per heavy atom. The summed E-state index contributed by atoms with van der Waals surface area (Å²) in [5.74, 6) is 0.617. The van der Waals surface area contributed by atoms with Crippen molar-refractivity contribution in [3.63, 3.8) is 0 Å². The normalized spacial score (nSPS) is 11.7. The number of rotatable bonds is 9. The van der Waals surface area contributed by atoms with Crippen molar-refractivity contribution < 1.29 is 0 Å². The van der Waals surface area contributed by atoms with Crippen molar-refractivity contribution in [1.82, 2.24) is 0 Å².